The lowest BCUT2D eigenvalue weighted by Crippen LogP contribution is -2.08. The van der Waals surface area contributed by atoms with E-state index in [1.807, 2.05) is 12.1 Å². The van der Waals surface area contributed by atoms with Crippen molar-refractivity contribution in [2.45, 2.75) is 19.3 Å². The molecule has 0 saturated carbocycles. The quantitative estimate of drug-likeness (QED) is 0.450. The second-order valence-electron chi connectivity index (χ2n) is 7.24. The monoisotopic (exact) mass is 329 g/mol. The van der Waals surface area contributed by atoms with Crippen LogP contribution in [-0.4, -0.2) is 20.3 Å². The Balaban J connectivity index is 2.02. The van der Waals surface area contributed by atoms with E-state index in [1.54, 1.807) is 0 Å². The lowest BCUT2D eigenvalue weighted by Gasteiger charge is -2.24. The van der Waals surface area contributed by atoms with Crippen molar-refractivity contribution < 1.29 is 0 Å². The molecule has 0 fully saturated rings. The molecule has 1 aromatic heterocycles. The van der Waals surface area contributed by atoms with Crippen LogP contribution in [0.4, 0.5) is 0 Å². The van der Waals surface area contributed by atoms with E-state index in [4.69, 9.17) is 15.7 Å². The lowest BCUT2D eigenvalue weighted by atomic mass is 9.76. The number of benzene rings is 3. The normalized spacial score (nSPS) is 16.7. The van der Waals surface area contributed by atoms with E-state index >= 15 is 0 Å². The van der Waals surface area contributed by atoms with Crippen LogP contribution in [0.1, 0.15) is 30.4 Å². The zero-order valence-electron chi connectivity index (χ0n) is 14.7. The van der Waals surface area contributed by atoms with Gasteiger partial charge < -0.3 is 4.57 Å². The third-order valence-corrected chi connectivity index (χ3v) is 5.42. The van der Waals surface area contributed by atoms with Crippen LogP contribution in [0.25, 0.3) is 33.6 Å². The maximum atomic E-state index is 6.17. The van der Waals surface area contributed by atoms with Crippen LogP contribution in [0.5, 0.6) is 0 Å². The Kier molecular flexibility index (Phi) is 3.40. The Bertz CT molecular complexity index is 1190. The fraction of sp³-hybridized carbons (Fsp3) is 0.130. The predicted molar refractivity (Wildman–Crippen MR) is 113 cm³/mol. The molecule has 1 nitrogen and oxygen atoms in total. The highest BCUT2D eigenvalue weighted by atomic mass is 15.0. The molecular formula is C23H17B2N. The lowest BCUT2D eigenvalue weighted by molar-refractivity contribution is 0.766. The van der Waals surface area contributed by atoms with Gasteiger partial charge in [0.1, 0.15) is 15.7 Å². The summed E-state index contributed by atoms with van der Waals surface area (Å²) in [4.78, 5) is 0. The summed E-state index contributed by atoms with van der Waals surface area (Å²) in [5.41, 5.74) is 7.90. The molecule has 120 valence electrons. The molecule has 1 atom stereocenters. The summed E-state index contributed by atoms with van der Waals surface area (Å²) in [6.45, 7) is 2.26. The molecule has 0 amide bonds. The number of hydrogen-bond donors (Lipinski definition) is 0. The molecule has 0 N–H and O–H groups in total. The van der Waals surface area contributed by atoms with Crippen LogP contribution in [0.2, 0.25) is 0 Å². The summed E-state index contributed by atoms with van der Waals surface area (Å²) in [6.07, 6.45) is 3.01. The molecule has 26 heavy (non-hydrogen) atoms. The molecule has 3 aromatic carbocycles. The minimum Gasteiger partial charge on any atom is -0.309 e. The maximum absolute atomic E-state index is 6.17. The van der Waals surface area contributed by atoms with Crippen LogP contribution in [-0.2, 0) is 0 Å². The fourth-order valence-corrected chi connectivity index (χ4v) is 4.37. The number of para-hydroxylation sites is 1. The topological polar surface area (TPSA) is 4.93 Å². The van der Waals surface area contributed by atoms with Crippen molar-refractivity contribution >= 4 is 49.0 Å². The Labute approximate surface area is 156 Å². The number of rotatable bonds is 1. The van der Waals surface area contributed by atoms with Gasteiger partial charge in [0.15, 0.2) is 0 Å². The van der Waals surface area contributed by atoms with Gasteiger partial charge in [-0.1, -0.05) is 60.9 Å². The maximum Gasteiger partial charge on any atom is 0.113 e. The Hall–Kier alpha value is -2.67. The molecular weight excluding hydrogens is 312 g/mol. The minimum atomic E-state index is 0.378. The van der Waals surface area contributed by atoms with Gasteiger partial charge in [-0.2, -0.15) is 0 Å². The zero-order chi connectivity index (χ0) is 17.8. The molecule has 1 unspecified atom stereocenters. The van der Waals surface area contributed by atoms with E-state index in [9.17, 15) is 0 Å². The van der Waals surface area contributed by atoms with Crippen LogP contribution in [0.3, 0.4) is 0 Å². The smallest absolute Gasteiger partial charge is 0.113 e. The first-order valence-corrected chi connectivity index (χ1v) is 9.01. The highest BCUT2D eigenvalue weighted by Gasteiger charge is 2.23. The average Bonchev–Trinajstić information content (AvgIpc) is 2.95. The van der Waals surface area contributed by atoms with E-state index in [1.165, 1.54) is 27.4 Å². The van der Waals surface area contributed by atoms with Gasteiger partial charge in [-0.05, 0) is 41.7 Å². The highest BCUT2D eigenvalue weighted by Crippen LogP contribution is 2.41. The summed E-state index contributed by atoms with van der Waals surface area (Å²) in [6, 6.07) is 21.1. The van der Waals surface area contributed by atoms with Crippen LogP contribution in [0.15, 0.2) is 66.1 Å². The molecule has 0 spiro atoms. The van der Waals surface area contributed by atoms with Crippen LogP contribution < -0.4 is 5.46 Å². The molecule has 5 rings (SSSR count). The van der Waals surface area contributed by atoms with Crippen molar-refractivity contribution in [3.05, 3.63) is 77.3 Å². The average molecular weight is 329 g/mol. The number of fused-ring (bicyclic) bond motifs is 5. The van der Waals surface area contributed by atoms with Crippen LogP contribution >= 0.6 is 0 Å². The van der Waals surface area contributed by atoms with Gasteiger partial charge in [0, 0.05) is 16.5 Å². The van der Waals surface area contributed by atoms with Gasteiger partial charge in [0.25, 0.3) is 0 Å². The Morgan fingerprint density at radius 3 is 2.50 bits per heavy atom. The molecule has 1 aliphatic rings. The van der Waals surface area contributed by atoms with E-state index < -0.39 is 0 Å². The number of nitrogens with zero attached hydrogens (tertiary/aromatic N) is 1. The zero-order valence-corrected chi connectivity index (χ0v) is 14.7. The third-order valence-electron chi connectivity index (χ3n) is 5.42. The second-order valence-corrected chi connectivity index (χ2v) is 7.24. The van der Waals surface area contributed by atoms with Crippen LogP contribution in [0, 0.1) is 0 Å². The first-order chi connectivity index (χ1) is 12.6. The van der Waals surface area contributed by atoms with Crippen molar-refractivity contribution in [1.82, 2.24) is 4.57 Å². The summed E-state index contributed by atoms with van der Waals surface area (Å²) in [5, 5.41) is 2.50. The van der Waals surface area contributed by atoms with E-state index in [0.29, 0.717) is 5.92 Å². The summed E-state index contributed by atoms with van der Waals surface area (Å²) >= 11 is 0. The number of hydrogen-bond acceptors (Lipinski definition) is 0. The number of aromatic nitrogens is 1. The van der Waals surface area contributed by atoms with Gasteiger partial charge in [0.2, 0.25) is 0 Å². The fourth-order valence-electron chi connectivity index (χ4n) is 4.37. The number of allylic oxidation sites excluding steroid dienone is 1. The predicted octanol–water partition coefficient (Wildman–Crippen LogP) is 4.59. The van der Waals surface area contributed by atoms with Crippen molar-refractivity contribution in [3.63, 3.8) is 0 Å². The Morgan fingerprint density at radius 2 is 1.69 bits per heavy atom. The van der Waals surface area contributed by atoms with Gasteiger partial charge in [-0.3, -0.25) is 0 Å². The van der Waals surface area contributed by atoms with E-state index in [-0.39, 0.29) is 0 Å². The third kappa shape index (κ3) is 2.20. The standard InChI is InChI=1S/C23H17B2N/c1-14-11-17(25)12-15-7-9-20-19-10-8-16(24)13-21(19)26(23(20)22(14)15)18-5-3-2-4-6-18/h2-10,12-14H,11H2,1H3. The molecule has 4 aromatic rings. The van der Waals surface area contributed by atoms with Crippen molar-refractivity contribution in [3.8, 4) is 5.69 Å². The van der Waals surface area contributed by atoms with Gasteiger partial charge in [-0.25, -0.2) is 0 Å². The molecule has 0 saturated heterocycles. The summed E-state index contributed by atoms with van der Waals surface area (Å²) in [7, 11) is 12.3. The molecule has 1 heterocycles. The molecule has 3 heteroatoms. The van der Waals surface area contributed by atoms with E-state index in [0.717, 1.165) is 28.6 Å². The molecule has 4 radical (unpaired) electrons. The minimum absolute atomic E-state index is 0.378. The molecule has 0 bridgehead atoms. The van der Waals surface area contributed by atoms with E-state index in [2.05, 4.69) is 66.1 Å². The molecule has 1 aliphatic carbocycles. The SMILES string of the molecule is [B]C1=Cc2ccc3c4ccc([B])cc4n(-c4ccccc4)c3c2C(C)C1. The molecule has 0 aliphatic heterocycles. The highest BCUT2D eigenvalue weighted by molar-refractivity contribution is 6.33. The van der Waals surface area contributed by atoms with Crippen molar-refractivity contribution in [1.29, 1.82) is 0 Å². The van der Waals surface area contributed by atoms with Crippen molar-refractivity contribution in [2.24, 2.45) is 0 Å². The van der Waals surface area contributed by atoms with Crippen molar-refractivity contribution in [2.75, 3.05) is 0 Å². The second kappa shape index (κ2) is 5.67. The largest absolute Gasteiger partial charge is 0.309 e. The summed E-state index contributed by atoms with van der Waals surface area (Å²) in [5.74, 6) is 0.378. The summed E-state index contributed by atoms with van der Waals surface area (Å²) < 4.78 is 2.35. The van der Waals surface area contributed by atoms with Gasteiger partial charge in [-0.15, -0.1) is 5.47 Å². The Morgan fingerprint density at radius 1 is 0.923 bits per heavy atom. The van der Waals surface area contributed by atoms with Gasteiger partial charge >= 0.3 is 0 Å². The first kappa shape index (κ1) is 15.6. The first-order valence-electron chi connectivity index (χ1n) is 9.01. The van der Waals surface area contributed by atoms with Gasteiger partial charge in [0.05, 0.1) is 11.0 Å².